The van der Waals surface area contributed by atoms with Gasteiger partial charge in [0.2, 0.25) is 0 Å². The quantitative estimate of drug-likeness (QED) is 0.181. The van der Waals surface area contributed by atoms with Gasteiger partial charge in [-0.1, -0.05) is 51.1 Å². The highest BCUT2D eigenvalue weighted by atomic mass is 32.1. The molecular formula is C25H29N3O4S2. The Kier molecular flexibility index (Phi) is 9.31. The number of rotatable bonds is 5. The topological polar surface area (TPSA) is 114 Å². The van der Waals surface area contributed by atoms with Crippen molar-refractivity contribution in [2.45, 2.75) is 33.1 Å². The first-order chi connectivity index (χ1) is 16.1. The zero-order chi connectivity index (χ0) is 25.5. The maximum Gasteiger partial charge on any atom is 0.335 e. The van der Waals surface area contributed by atoms with Crippen LogP contribution in [0.2, 0.25) is 0 Å². The lowest BCUT2D eigenvalue weighted by atomic mass is 9.86. The van der Waals surface area contributed by atoms with E-state index in [1.807, 2.05) is 17.5 Å². The van der Waals surface area contributed by atoms with Crippen LogP contribution in [0.3, 0.4) is 0 Å². The third-order valence-corrected chi connectivity index (χ3v) is 6.07. The van der Waals surface area contributed by atoms with Crippen molar-refractivity contribution in [3.8, 4) is 16.2 Å². The number of hydrogen-bond donors (Lipinski definition) is 5. The Morgan fingerprint density at radius 1 is 1.09 bits per heavy atom. The van der Waals surface area contributed by atoms with Crippen molar-refractivity contribution in [1.82, 2.24) is 5.43 Å². The molecule has 0 bridgehead atoms. The van der Waals surface area contributed by atoms with Crippen molar-refractivity contribution >= 4 is 46.0 Å². The molecule has 1 aromatic heterocycles. The number of aromatic carboxylic acids is 1. The molecule has 5 N–H and O–H groups in total. The lowest BCUT2D eigenvalue weighted by molar-refractivity contribution is 0.0697. The second-order valence-electron chi connectivity index (χ2n) is 8.30. The van der Waals surface area contributed by atoms with Gasteiger partial charge in [-0.3, -0.25) is 5.43 Å². The average molecular weight is 500 g/mol. The molecule has 180 valence electrons. The van der Waals surface area contributed by atoms with Crippen LogP contribution in [0.1, 0.15) is 49.2 Å². The molecule has 7 nitrogen and oxygen atoms in total. The van der Waals surface area contributed by atoms with E-state index in [0.29, 0.717) is 17.0 Å². The molecule has 0 saturated carbocycles. The van der Waals surface area contributed by atoms with E-state index in [1.165, 1.54) is 29.0 Å². The normalized spacial score (nSPS) is 11.3. The molecule has 0 aliphatic rings. The number of hydrogen-bond acceptors (Lipinski definition) is 6. The molecule has 34 heavy (non-hydrogen) atoms. The van der Waals surface area contributed by atoms with E-state index < -0.39 is 5.97 Å². The van der Waals surface area contributed by atoms with E-state index >= 15 is 0 Å². The molecule has 0 atom stereocenters. The number of carbonyl (C=O) groups is 1. The Balaban J connectivity index is 0.00000199. The highest BCUT2D eigenvalue weighted by molar-refractivity contribution is 7.80. The first-order valence-electron chi connectivity index (χ1n) is 10.4. The highest BCUT2D eigenvalue weighted by Gasteiger charge is 2.17. The van der Waals surface area contributed by atoms with E-state index in [2.05, 4.69) is 48.7 Å². The van der Waals surface area contributed by atoms with Crippen molar-refractivity contribution in [3.05, 3.63) is 70.6 Å². The number of aliphatic hydroxyl groups is 1. The van der Waals surface area contributed by atoms with E-state index in [-0.39, 0.29) is 21.8 Å². The van der Waals surface area contributed by atoms with Crippen LogP contribution in [0.5, 0.6) is 5.75 Å². The Morgan fingerprint density at radius 3 is 2.32 bits per heavy atom. The molecule has 0 saturated heterocycles. The predicted molar refractivity (Wildman–Crippen MR) is 143 cm³/mol. The van der Waals surface area contributed by atoms with Crippen molar-refractivity contribution in [3.63, 3.8) is 0 Å². The SMILES string of the molecule is C/C(=N\NC(=S)Nc1cccc(C(=O)O)c1)c1csc(-c2ccc(C(C)(C)C)cc2)c1O.CO. The summed E-state index contributed by atoms with van der Waals surface area (Å²) in [6.07, 6.45) is 0. The summed E-state index contributed by atoms with van der Waals surface area (Å²) >= 11 is 6.68. The van der Waals surface area contributed by atoms with Gasteiger partial charge in [0.15, 0.2) is 5.11 Å². The van der Waals surface area contributed by atoms with Gasteiger partial charge in [0.25, 0.3) is 0 Å². The lowest BCUT2D eigenvalue weighted by Gasteiger charge is -2.19. The number of aliphatic hydroxyl groups excluding tert-OH is 1. The number of carboxylic acid groups (broad SMARTS) is 1. The molecule has 9 heteroatoms. The lowest BCUT2D eigenvalue weighted by Crippen LogP contribution is -2.25. The van der Waals surface area contributed by atoms with Crippen LogP contribution < -0.4 is 10.7 Å². The molecule has 0 spiro atoms. The maximum absolute atomic E-state index is 11.1. The van der Waals surface area contributed by atoms with Gasteiger partial charge in [-0.2, -0.15) is 5.10 Å². The van der Waals surface area contributed by atoms with Crippen molar-refractivity contribution in [2.24, 2.45) is 5.10 Å². The summed E-state index contributed by atoms with van der Waals surface area (Å²) < 4.78 is 0. The zero-order valence-electron chi connectivity index (χ0n) is 19.7. The first-order valence-corrected chi connectivity index (χ1v) is 11.7. The number of thiocarbonyl (C=S) groups is 1. The third kappa shape index (κ3) is 6.86. The van der Waals surface area contributed by atoms with E-state index in [1.54, 1.807) is 19.1 Å². The van der Waals surface area contributed by atoms with E-state index in [9.17, 15) is 9.90 Å². The molecule has 0 aliphatic heterocycles. The van der Waals surface area contributed by atoms with Crippen molar-refractivity contribution in [2.75, 3.05) is 12.4 Å². The standard InChI is InChI=1S/C24H25N3O3S2.CH4O/c1-14(26-27-23(31)25-18-7-5-6-16(12-18)22(29)30)19-13-32-21(20(19)28)15-8-10-17(11-9-15)24(2,3)4;1-2/h5-13,28H,1-4H3,(H,29,30)(H2,25,27,31);2H,1H3/b26-14+;. The van der Waals surface area contributed by atoms with Gasteiger partial charge in [-0.05, 0) is 53.9 Å². The fourth-order valence-electron chi connectivity index (χ4n) is 3.02. The molecule has 0 radical (unpaired) electrons. The fraction of sp³-hybridized carbons (Fsp3) is 0.240. The summed E-state index contributed by atoms with van der Waals surface area (Å²) in [7, 11) is 1.00. The van der Waals surface area contributed by atoms with Crippen LogP contribution in [0.25, 0.3) is 10.4 Å². The molecule has 0 unspecified atom stereocenters. The molecular weight excluding hydrogens is 470 g/mol. The second kappa shape index (κ2) is 11.7. The summed E-state index contributed by atoms with van der Waals surface area (Å²) in [4.78, 5) is 11.9. The number of carboxylic acids is 1. The number of nitrogens with one attached hydrogen (secondary N) is 2. The van der Waals surface area contributed by atoms with Gasteiger partial charge < -0.3 is 20.6 Å². The third-order valence-electron chi connectivity index (χ3n) is 4.86. The average Bonchev–Trinajstić information content (AvgIpc) is 3.20. The van der Waals surface area contributed by atoms with E-state index in [4.69, 9.17) is 22.4 Å². The van der Waals surface area contributed by atoms with Crippen LogP contribution in [0.15, 0.2) is 59.0 Å². The van der Waals surface area contributed by atoms with Crippen molar-refractivity contribution < 1.29 is 20.1 Å². The zero-order valence-corrected chi connectivity index (χ0v) is 21.3. The number of anilines is 1. The minimum atomic E-state index is -1.02. The Morgan fingerprint density at radius 2 is 1.74 bits per heavy atom. The summed E-state index contributed by atoms with van der Waals surface area (Å²) in [6, 6.07) is 14.5. The molecule has 1 heterocycles. The monoisotopic (exact) mass is 499 g/mol. The van der Waals surface area contributed by atoms with Crippen LogP contribution >= 0.6 is 23.6 Å². The summed E-state index contributed by atoms with van der Waals surface area (Å²) in [5.41, 5.74) is 6.86. The molecule has 0 aliphatic carbocycles. The maximum atomic E-state index is 11.1. The number of benzene rings is 2. The van der Waals surface area contributed by atoms with Gasteiger partial charge >= 0.3 is 5.97 Å². The number of hydrazone groups is 1. The number of nitrogens with zero attached hydrogens (tertiary/aromatic N) is 1. The smallest absolute Gasteiger partial charge is 0.335 e. The van der Waals surface area contributed by atoms with Gasteiger partial charge in [-0.15, -0.1) is 11.3 Å². The molecule has 3 rings (SSSR count). The van der Waals surface area contributed by atoms with E-state index in [0.717, 1.165) is 17.6 Å². The summed E-state index contributed by atoms with van der Waals surface area (Å²) in [6.45, 7) is 8.27. The summed E-state index contributed by atoms with van der Waals surface area (Å²) in [5, 5.41) is 36.1. The molecule has 0 amide bonds. The molecule has 0 fully saturated rings. The minimum absolute atomic E-state index is 0.0670. The minimum Gasteiger partial charge on any atom is -0.506 e. The Hall–Kier alpha value is -3.27. The van der Waals surface area contributed by atoms with Crippen LogP contribution in [0, 0.1) is 0 Å². The van der Waals surface area contributed by atoms with Gasteiger partial charge in [-0.25, -0.2) is 4.79 Å². The Bertz CT molecular complexity index is 1180. The van der Waals surface area contributed by atoms with Crippen LogP contribution in [0.4, 0.5) is 5.69 Å². The molecule has 3 aromatic rings. The highest BCUT2D eigenvalue weighted by Crippen LogP contribution is 2.39. The summed E-state index contributed by atoms with van der Waals surface area (Å²) in [5.74, 6) is -0.840. The van der Waals surface area contributed by atoms with Crippen LogP contribution in [-0.4, -0.2) is 39.2 Å². The number of thiophene rings is 1. The first kappa shape index (κ1) is 27.0. The fourth-order valence-corrected chi connectivity index (χ4v) is 4.19. The second-order valence-corrected chi connectivity index (χ2v) is 9.59. The van der Waals surface area contributed by atoms with Gasteiger partial charge in [0, 0.05) is 18.2 Å². The number of aromatic hydroxyl groups is 1. The predicted octanol–water partition coefficient (Wildman–Crippen LogP) is 5.44. The largest absolute Gasteiger partial charge is 0.506 e. The van der Waals surface area contributed by atoms with Crippen LogP contribution in [-0.2, 0) is 5.41 Å². The van der Waals surface area contributed by atoms with Gasteiger partial charge in [0.1, 0.15) is 5.75 Å². The van der Waals surface area contributed by atoms with Crippen molar-refractivity contribution in [1.29, 1.82) is 0 Å². The van der Waals surface area contributed by atoms with Gasteiger partial charge in [0.05, 0.1) is 21.7 Å². The molecule has 2 aromatic carbocycles. The Labute approximate surface area is 208 Å².